The van der Waals surface area contributed by atoms with Gasteiger partial charge >= 0.3 is 0 Å². The lowest BCUT2D eigenvalue weighted by Crippen LogP contribution is -2.24. The molecule has 0 bridgehead atoms. The first-order valence-electron chi connectivity index (χ1n) is 9.23. The predicted molar refractivity (Wildman–Crippen MR) is 119 cm³/mol. The summed E-state index contributed by atoms with van der Waals surface area (Å²) in [5.74, 6) is 0.254. The molecule has 1 amide bonds. The lowest BCUT2D eigenvalue weighted by atomic mass is 9.97. The van der Waals surface area contributed by atoms with Crippen molar-refractivity contribution in [3.8, 4) is 5.75 Å². The Hall–Kier alpha value is -3.37. The van der Waals surface area contributed by atoms with Crippen LogP contribution in [0.1, 0.15) is 11.1 Å². The number of nitrogens with one attached hydrogen (secondary N) is 1. The molecule has 0 aliphatic carbocycles. The van der Waals surface area contributed by atoms with Gasteiger partial charge in [-0.1, -0.05) is 60.1 Å². The largest absolute Gasteiger partial charge is 0.484 e. The number of nitrogens with zero attached hydrogens (tertiary/aromatic N) is 1. The number of hydrogen-bond acceptors (Lipinski definition) is 3. The maximum Gasteiger partial charge on any atom is 0.277 e. The van der Waals surface area contributed by atoms with Crippen molar-refractivity contribution >= 4 is 45.3 Å². The summed E-state index contributed by atoms with van der Waals surface area (Å²) in [5, 5.41) is 9.23. The first-order chi connectivity index (χ1) is 14.1. The summed E-state index contributed by atoms with van der Waals surface area (Å²) >= 11 is 6.00. The Morgan fingerprint density at radius 2 is 1.66 bits per heavy atom. The number of hydrogen-bond donors (Lipinski definition) is 1. The third-order valence-corrected chi connectivity index (χ3v) is 5.12. The van der Waals surface area contributed by atoms with Gasteiger partial charge in [-0.15, -0.1) is 0 Å². The van der Waals surface area contributed by atoms with Crippen LogP contribution in [0, 0.1) is 6.92 Å². The van der Waals surface area contributed by atoms with E-state index in [1.807, 2.05) is 31.2 Å². The maximum atomic E-state index is 12.1. The minimum atomic E-state index is -0.335. The maximum absolute atomic E-state index is 12.1. The second-order valence-electron chi connectivity index (χ2n) is 6.73. The third-order valence-electron chi connectivity index (χ3n) is 4.70. The van der Waals surface area contributed by atoms with Gasteiger partial charge in [-0.05, 0) is 58.3 Å². The fourth-order valence-corrected chi connectivity index (χ4v) is 3.36. The summed E-state index contributed by atoms with van der Waals surface area (Å²) in [7, 11) is 0. The van der Waals surface area contributed by atoms with E-state index in [2.05, 4.69) is 40.9 Å². The number of carbonyl (C=O) groups excluding carboxylic acids is 1. The quantitative estimate of drug-likeness (QED) is 0.273. The van der Waals surface area contributed by atoms with Gasteiger partial charge in [-0.25, -0.2) is 5.43 Å². The van der Waals surface area contributed by atoms with E-state index >= 15 is 0 Å². The fourth-order valence-electron chi connectivity index (χ4n) is 3.24. The van der Waals surface area contributed by atoms with Crippen molar-refractivity contribution in [3.05, 3.63) is 88.9 Å². The number of ether oxygens (including phenoxy) is 1. The number of amides is 1. The minimum Gasteiger partial charge on any atom is -0.484 e. The van der Waals surface area contributed by atoms with Crippen LogP contribution in [0.25, 0.3) is 21.5 Å². The molecular formula is C24H19ClN2O2. The smallest absolute Gasteiger partial charge is 0.277 e. The van der Waals surface area contributed by atoms with Crippen LogP contribution in [-0.4, -0.2) is 18.7 Å². The van der Waals surface area contributed by atoms with Gasteiger partial charge in [0.2, 0.25) is 0 Å². The molecule has 4 aromatic carbocycles. The molecule has 4 rings (SSSR count). The predicted octanol–water partition coefficient (Wildman–Crippen LogP) is 5.48. The molecule has 1 N–H and O–H groups in total. The Morgan fingerprint density at radius 3 is 2.31 bits per heavy atom. The van der Waals surface area contributed by atoms with Crippen LogP contribution >= 0.6 is 11.6 Å². The second-order valence-corrected chi connectivity index (χ2v) is 7.13. The standard InChI is InChI=1S/C24H19ClN2O2/c1-16-12-19(10-11-23(16)25)29-15-24(28)27-26-14-22-20-8-4-2-6-17(20)13-18-7-3-5-9-21(18)22/h2-14H,15H2,1H3,(H,27,28)/b26-14+. The SMILES string of the molecule is Cc1cc(OCC(=O)N/N=C/c2c3ccccc3cc3ccccc23)ccc1Cl. The lowest BCUT2D eigenvalue weighted by molar-refractivity contribution is -0.123. The van der Waals surface area contributed by atoms with Crippen molar-refractivity contribution in [1.82, 2.24) is 5.43 Å². The molecule has 5 heteroatoms. The van der Waals surface area contributed by atoms with E-state index in [-0.39, 0.29) is 12.5 Å². The van der Waals surface area contributed by atoms with Crippen LogP contribution < -0.4 is 10.2 Å². The van der Waals surface area contributed by atoms with Crippen LogP contribution in [0.5, 0.6) is 5.75 Å². The van der Waals surface area contributed by atoms with Crippen molar-refractivity contribution in [3.63, 3.8) is 0 Å². The summed E-state index contributed by atoms with van der Waals surface area (Å²) in [6, 6.07) is 23.7. The number of fused-ring (bicyclic) bond motifs is 2. The molecule has 0 radical (unpaired) electrons. The lowest BCUT2D eigenvalue weighted by Gasteiger charge is -2.08. The monoisotopic (exact) mass is 402 g/mol. The minimum absolute atomic E-state index is 0.130. The Morgan fingerprint density at radius 1 is 1.00 bits per heavy atom. The average molecular weight is 403 g/mol. The van der Waals surface area contributed by atoms with Crippen molar-refractivity contribution < 1.29 is 9.53 Å². The van der Waals surface area contributed by atoms with Crippen LogP contribution in [0.3, 0.4) is 0 Å². The highest BCUT2D eigenvalue weighted by atomic mass is 35.5. The van der Waals surface area contributed by atoms with Gasteiger partial charge in [0.05, 0.1) is 6.21 Å². The zero-order chi connectivity index (χ0) is 20.2. The summed E-state index contributed by atoms with van der Waals surface area (Å²) in [6.07, 6.45) is 1.69. The van der Waals surface area contributed by atoms with Gasteiger partial charge in [0.1, 0.15) is 5.75 Å². The van der Waals surface area contributed by atoms with E-state index in [4.69, 9.17) is 16.3 Å². The molecule has 0 unspecified atom stereocenters. The highest BCUT2D eigenvalue weighted by Crippen LogP contribution is 2.27. The Labute approximate surface area is 173 Å². The molecule has 144 valence electrons. The van der Waals surface area contributed by atoms with Crippen LogP contribution in [0.4, 0.5) is 0 Å². The molecule has 4 nitrogen and oxygen atoms in total. The Kier molecular flexibility index (Phi) is 5.45. The van der Waals surface area contributed by atoms with Crippen LogP contribution in [-0.2, 0) is 4.79 Å². The van der Waals surface area contributed by atoms with Gasteiger partial charge in [-0.2, -0.15) is 5.10 Å². The first kappa shape index (κ1) is 19.0. The molecule has 0 aromatic heterocycles. The topological polar surface area (TPSA) is 50.7 Å². The van der Waals surface area contributed by atoms with Crippen LogP contribution in [0.2, 0.25) is 5.02 Å². The third kappa shape index (κ3) is 4.23. The van der Waals surface area contributed by atoms with Crippen LogP contribution in [0.15, 0.2) is 77.9 Å². The van der Waals surface area contributed by atoms with Crippen molar-refractivity contribution in [1.29, 1.82) is 0 Å². The molecule has 0 spiro atoms. The Bertz CT molecular complexity index is 1180. The molecule has 0 heterocycles. The number of carbonyl (C=O) groups is 1. The number of rotatable bonds is 5. The highest BCUT2D eigenvalue weighted by molar-refractivity contribution is 6.31. The second kappa shape index (κ2) is 8.33. The Balaban J connectivity index is 1.50. The van der Waals surface area contributed by atoms with Gasteiger partial charge in [0.15, 0.2) is 6.61 Å². The molecule has 29 heavy (non-hydrogen) atoms. The van der Waals surface area contributed by atoms with Gasteiger partial charge < -0.3 is 4.74 Å². The first-order valence-corrected chi connectivity index (χ1v) is 9.61. The van der Waals surface area contributed by atoms with E-state index in [0.29, 0.717) is 10.8 Å². The van der Waals surface area contributed by atoms with Crippen molar-refractivity contribution in [2.45, 2.75) is 6.92 Å². The summed E-state index contributed by atoms with van der Waals surface area (Å²) in [5.41, 5.74) is 4.40. The zero-order valence-corrected chi connectivity index (χ0v) is 16.6. The summed E-state index contributed by atoms with van der Waals surface area (Å²) in [6.45, 7) is 1.75. The number of hydrazone groups is 1. The number of halogens is 1. The van der Waals surface area contributed by atoms with Gasteiger partial charge in [-0.3, -0.25) is 4.79 Å². The normalized spacial score (nSPS) is 11.2. The van der Waals surface area contributed by atoms with Crippen molar-refractivity contribution in [2.24, 2.45) is 5.10 Å². The highest BCUT2D eigenvalue weighted by Gasteiger charge is 2.06. The van der Waals surface area contributed by atoms with Gasteiger partial charge in [0.25, 0.3) is 5.91 Å². The van der Waals surface area contributed by atoms with Crippen molar-refractivity contribution in [2.75, 3.05) is 6.61 Å². The molecule has 0 fully saturated rings. The van der Waals surface area contributed by atoms with E-state index in [0.717, 1.165) is 32.7 Å². The van der Waals surface area contributed by atoms with Gasteiger partial charge in [0, 0.05) is 10.6 Å². The summed E-state index contributed by atoms with van der Waals surface area (Å²) in [4.78, 5) is 12.1. The van der Waals surface area contributed by atoms with E-state index in [1.54, 1.807) is 24.4 Å². The molecule has 0 atom stereocenters. The molecule has 0 saturated carbocycles. The fraction of sp³-hybridized carbons (Fsp3) is 0.0833. The van der Waals surface area contributed by atoms with E-state index in [1.165, 1.54) is 0 Å². The molecule has 0 aliphatic rings. The van der Waals surface area contributed by atoms with E-state index in [9.17, 15) is 4.79 Å². The average Bonchev–Trinajstić information content (AvgIpc) is 2.74. The number of benzene rings is 4. The number of aryl methyl sites for hydroxylation is 1. The summed E-state index contributed by atoms with van der Waals surface area (Å²) < 4.78 is 5.50. The molecule has 0 saturated heterocycles. The molecular weight excluding hydrogens is 384 g/mol. The molecule has 0 aliphatic heterocycles. The molecule has 4 aromatic rings. The van der Waals surface area contributed by atoms with E-state index < -0.39 is 0 Å². The zero-order valence-electron chi connectivity index (χ0n) is 15.9.